The fourth-order valence-corrected chi connectivity index (χ4v) is 1.29. The average Bonchev–Trinajstić information content (AvgIpc) is 2.68. The molecule has 5 nitrogen and oxygen atoms in total. The van der Waals surface area contributed by atoms with Crippen LogP contribution in [0.25, 0.3) is 11.4 Å². The summed E-state index contributed by atoms with van der Waals surface area (Å²) < 4.78 is 5.46. The molecule has 0 amide bonds. The molecule has 1 N–H and O–H groups in total. The van der Waals surface area contributed by atoms with Gasteiger partial charge in [0.05, 0.1) is 0 Å². The van der Waals surface area contributed by atoms with Crippen LogP contribution >= 0.6 is 15.9 Å². The first-order chi connectivity index (χ1) is 7.16. The van der Waals surface area contributed by atoms with Gasteiger partial charge in [-0.25, -0.2) is 4.79 Å². The van der Waals surface area contributed by atoms with E-state index in [2.05, 4.69) is 30.6 Å². The number of hydrogen-bond donors (Lipinski definition) is 1. The first kappa shape index (κ1) is 9.85. The second-order valence-electron chi connectivity index (χ2n) is 2.74. The van der Waals surface area contributed by atoms with Gasteiger partial charge >= 0.3 is 11.9 Å². The topological polar surface area (TPSA) is 76.2 Å². The largest absolute Gasteiger partial charge is 0.474 e. The van der Waals surface area contributed by atoms with Gasteiger partial charge < -0.3 is 9.63 Å². The third kappa shape index (κ3) is 2.04. The third-order valence-corrected chi connectivity index (χ3v) is 2.24. The summed E-state index contributed by atoms with van der Waals surface area (Å²) in [4.78, 5) is 14.2. The van der Waals surface area contributed by atoms with Crippen molar-refractivity contribution in [2.24, 2.45) is 0 Å². The first-order valence-corrected chi connectivity index (χ1v) is 4.79. The summed E-state index contributed by atoms with van der Waals surface area (Å²) in [6, 6.07) is 7.15. The van der Waals surface area contributed by atoms with Crippen molar-refractivity contribution in [1.82, 2.24) is 10.1 Å². The van der Waals surface area contributed by atoms with Crippen LogP contribution in [0.5, 0.6) is 0 Å². The molecule has 0 aliphatic carbocycles. The number of nitrogens with zero attached hydrogens (tertiary/aromatic N) is 2. The Kier molecular flexibility index (Phi) is 2.51. The van der Waals surface area contributed by atoms with Gasteiger partial charge in [-0.05, 0) is 24.3 Å². The van der Waals surface area contributed by atoms with Gasteiger partial charge in [0.1, 0.15) is 0 Å². The second-order valence-corrected chi connectivity index (χ2v) is 3.65. The van der Waals surface area contributed by atoms with Crippen molar-refractivity contribution in [3.05, 3.63) is 34.6 Å². The summed E-state index contributed by atoms with van der Waals surface area (Å²) in [5, 5.41) is 12.1. The van der Waals surface area contributed by atoms with Gasteiger partial charge in [0.2, 0.25) is 5.82 Å². The molecule has 0 aliphatic heterocycles. The molecule has 0 saturated carbocycles. The molecule has 1 aromatic carbocycles. The van der Waals surface area contributed by atoms with Gasteiger partial charge in [-0.15, -0.1) is 0 Å². The summed E-state index contributed by atoms with van der Waals surface area (Å²) in [6.45, 7) is 0. The Bertz CT molecular complexity index is 492. The molecule has 0 bridgehead atoms. The Balaban J connectivity index is 2.37. The Hall–Kier alpha value is -1.69. The first-order valence-electron chi connectivity index (χ1n) is 4.00. The molecule has 0 radical (unpaired) electrons. The lowest BCUT2D eigenvalue weighted by molar-refractivity contribution is 0.0643. The highest BCUT2D eigenvalue weighted by molar-refractivity contribution is 9.10. The summed E-state index contributed by atoms with van der Waals surface area (Å²) in [5.41, 5.74) is 0.703. The monoisotopic (exact) mass is 268 g/mol. The third-order valence-electron chi connectivity index (χ3n) is 1.71. The van der Waals surface area contributed by atoms with Gasteiger partial charge in [-0.2, -0.15) is 4.98 Å². The van der Waals surface area contributed by atoms with E-state index in [-0.39, 0.29) is 5.82 Å². The van der Waals surface area contributed by atoms with Crippen molar-refractivity contribution in [2.75, 3.05) is 0 Å². The van der Waals surface area contributed by atoms with Crippen molar-refractivity contribution < 1.29 is 14.4 Å². The molecule has 1 heterocycles. The number of aromatic carboxylic acids is 1. The highest BCUT2D eigenvalue weighted by atomic mass is 79.9. The molecule has 0 unspecified atom stereocenters. The zero-order valence-corrected chi connectivity index (χ0v) is 8.93. The molecule has 0 fully saturated rings. The van der Waals surface area contributed by atoms with Crippen molar-refractivity contribution in [2.45, 2.75) is 0 Å². The van der Waals surface area contributed by atoms with Crippen LogP contribution in [0.2, 0.25) is 0 Å². The minimum absolute atomic E-state index is 0.264. The summed E-state index contributed by atoms with van der Waals surface area (Å²) in [5.74, 6) is -1.38. The highest BCUT2D eigenvalue weighted by Crippen LogP contribution is 2.18. The Labute approximate surface area is 92.9 Å². The van der Waals surface area contributed by atoms with E-state index in [0.29, 0.717) is 5.56 Å². The van der Waals surface area contributed by atoms with E-state index in [1.165, 1.54) is 0 Å². The normalized spacial score (nSPS) is 10.2. The van der Waals surface area contributed by atoms with E-state index in [1.54, 1.807) is 12.1 Å². The number of halogens is 1. The fraction of sp³-hybridized carbons (Fsp3) is 0. The smallest absolute Gasteiger partial charge is 0.394 e. The van der Waals surface area contributed by atoms with Gasteiger partial charge in [0.25, 0.3) is 0 Å². The molecular weight excluding hydrogens is 264 g/mol. The number of carboxylic acids is 1. The van der Waals surface area contributed by atoms with E-state index in [4.69, 9.17) is 5.11 Å². The van der Waals surface area contributed by atoms with Crippen LogP contribution in [0.15, 0.2) is 33.3 Å². The van der Waals surface area contributed by atoms with Crippen molar-refractivity contribution in [1.29, 1.82) is 0 Å². The highest BCUT2D eigenvalue weighted by Gasteiger charge is 2.13. The predicted molar refractivity (Wildman–Crippen MR) is 54.4 cm³/mol. The number of rotatable bonds is 2. The molecular formula is C9H5BrN2O3. The maximum Gasteiger partial charge on any atom is 0.394 e. The SMILES string of the molecule is O=C(O)c1nc(-c2ccc(Br)cc2)no1. The minimum Gasteiger partial charge on any atom is -0.474 e. The zero-order valence-electron chi connectivity index (χ0n) is 7.35. The Morgan fingerprint density at radius 1 is 1.33 bits per heavy atom. The summed E-state index contributed by atoms with van der Waals surface area (Å²) in [6.07, 6.45) is 0. The minimum atomic E-state index is -1.23. The molecule has 0 spiro atoms. The summed E-state index contributed by atoms with van der Waals surface area (Å²) >= 11 is 3.29. The van der Waals surface area contributed by atoms with Gasteiger partial charge in [0.15, 0.2) is 0 Å². The van der Waals surface area contributed by atoms with Crippen LogP contribution in [-0.4, -0.2) is 21.2 Å². The van der Waals surface area contributed by atoms with E-state index in [1.807, 2.05) is 12.1 Å². The van der Waals surface area contributed by atoms with E-state index < -0.39 is 11.9 Å². The fourth-order valence-electron chi connectivity index (χ4n) is 1.03. The van der Waals surface area contributed by atoms with E-state index in [0.717, 1.165) is 4.47 Å². The molecule has 0 aliphatic rings. The number of carbonyl (C=O) groups is 1. The maximum atomic E-state index is 10.5. The molecule has 6 heteroatoms. The van der Waals surface area contributed by atoms with E-state index >= 15 is 0 Å². The summed E-state index contributed by atoms with van der Waals surface area (Å²) in [7, 11) is 0. The molecule has 0 atom stereocenters. The molecule has 1 aromatic heterocycles. The zero-order chi connectivity index (χ0) is 10.8. The molecule has 76 valence electrons. The van der Waals surface area contributed by atoms with Crippen LogP contribution in [0.1, 0.15) is 10.7 Å². The van der Waals surface area contributed by atoms with Crippen LogP contribution in [0.4, 0.5) is 0 Å². The van der Waals surface area contributed by atoms with Crippen LogP contribution in [-0.2, 0) is 0 Å². The molecule has 2 rings (SSSR count). The Morgan fingerprint density at radius 3 is 2.53 bits per heavy atom. The lowest BCUT2D eigenvalue weighted by Crippen LogP contribution is -1.95. The molecule has 2 aromatic rings. The number of hydrogen-bond acceptors (Lipinski definition) is 4. The van der Waals surface area contributed by atoms with Crippen molar-refractivity contribution >= 4 is 21.9 Å². The van der Waals surface area contributed by atoms with Crippen LogP contribution < -0.4 is 0 Å². The standard InChI is InChI=1S/C9H5BrN2O3/c10-6-3-1-5(2-4-6)7-11-8(9(13)14)15-12-7/h1-4H,(H,13,14). The quantitative estimate of drug-likeness (QED) is 0.904. The number of aromatic nitrogens is 2. The average molecular weight is 269 g/mol. The van der Waals surface area contributed by atoms with Crippen molar-refractivity contribution in [3.63, 3.8) is 0 Å². The second kappa shape index (κ2) is 3.82. The lowest BCUT2D eigenvalue weighted by Gasteiger charge is -1.92. The Morgan fingerprint density at radius 2 is 2.00 bits per heavy atom. The van der Waals surface area contributed by atoms with Gasteiger partial charge in [0, 0.05) is 10.0 Å². The van der Waals surface area contributed by atoms with Gasteiger partial charge in [-0.1, -0.05) is 21.1 Å². The van der Waals surface area contributed by atoms with Crippen molar-refractivity contribution in [3.8, 4) is 11.4 Å². The predicted octanol–water partition coefficient (Wildman–Crippen LogP) is 2.20. The molecule has 0 saturated heterocycles. The number of benzene rings is 1. The van der Waals surface area contributed by atoms with E-state index in [9.17, 15) is 4.79 Å². The van der Waals surface area contributed by atoms with Crippen LogP contribution in [0, 0.1) is 0 Å². The van der Waals surface area contributed by atoms with Crippen LogP contribution in [0.3, 0.4) is 0 Å². The maximum absolute atomic E-state index is 10.5. The molecule has 15 heavy (non-hydrogen) atoms. The lowest BCUT2D eigenvalue weighted by atomic mass is 10.2. The number of carboxylic acid groups (broad SMARTS) is 1. The van der Waals surface area contributed by atoms with Gasteiger partial charge in [-0.3, -0.25) is 0 Å².